The Balaban J connectivity index is 2.31. The summed E-state index contributed by atoms with van der Waals surface area (Å²) in [6, 6.07) is 9.48. The summed E-state index contributed by atoms with van der Waals surface area (Å²) in [5.74, 6) is -0.104. The second-order valence-electron chi connectivity index (χ2n) is 4.46. The number of hydrogen-bond acceptors (Lipinski definition) is 6. The van der Waals surface area contributed by atoms with E-state index in [4.69, 9.17) is 16.7 Å². The Labute approximate surface area is 133 Å². The Hall–Kier alpha value is -2.41. The Bertz CT molecular complexity index is 638. The molecule has 0 spiro atoms. The fraction of sp³-hybridized carbons (Fsp3) is 0.286. The molecule has 0 bridgehead atoms. The van der Waals surface area contributed by atoms with Crippen molar-refractivity contribution in [3.05, 3.63) is 35.6 Å². The largest absolute Gasteiger partial charge is 0.481 e. The van der Waals surface area contributed by atoms with E-state index >= 15 is 0 Å². The smallest absolute Gasteiger partial charge is 0.303 e. The van der Waals surface area contributed by atoms with Gasteiger partial charge in [0.1, 0.15) is 0 Å². The molecular formula is C14H16ClN5O2. The van der Waals surface area contributed by atoms with Crippen LogP contribution >= 0.6 is 11.6 Å². The van der Waals surface area contributed by atoms with Crippen LogP contribution < -0.4 is 10.2 Å². The molecule has 2 rings (SSSR count). The number of carboxylic acids is 1. The number of nitrogens with one attached hydrogen (secondary N) is 1. The van der Waals surface area contributed by atoms with E-state index in [0.29, 0.717) is 24.9 Å². The Kier molecular flexibility index (Phi) is 5.48. The normalized spacial score (nSPS) is 10.3. The number of benzene rings is 1. The monoisotopic (exact) mass is 321 g/mol. The summed E-state index contributed by atoms with van der Waals surface area (Å²) in [6.07, 6.45) is 0.531. The third kappa shape index (κ3) is 4.29. The maximum absolute atomic E-state index is 10.7. The van der Waals surface area contributed by atoms with Gasteiger partial charge in [-0.15, -0.1) is 0 Å². The van der Waals surface area contributed by atoms with Gasteiger partial charge in [0.2, 0.25) is 17.2 Å². The van der Waals surface area contributed by atoms with E-state index in [1.165, 1.54) is 0 Å². The summed E-state index contributed by atoms with van der Waals surface area (Å²) in [4.78, 5) is 24.9. The molecule has 8 heteroatoms. The van der Waals surface area contributed by atoms with Crippen molar-refractivity contribution >= 4 is 35.2 Å². The molecule has 22 heavy (non-hydrogen) atoms. The minimum absolute atomic E-state index is 0.0705. The number of carboxylic acid groups (broad SMARTS) is 1. The minimum Gasteiger partial charge on any atom is -0.481 e. The molecule has 0 fully saturated rings. The second-order valence-corrected chi connectivity index (χ2v) is 4.80. The average molecular weight is 322 g/mol. The molecule has 0 amide bonds. The molecule has 7 nitrogen and oxygen atoms in total. The molecular weight excluding hydrogens is 306 g/mol. The number of para-hydroxylation sites is 1. The van der Waals surface area contributed by atoms with Crippen molar-refractivity contribution in [1.82, 2.24) is 15.0 Å². The molecule has 2 aromatic rings. The van der Waals surface area contributed by atoms with Crippen molar-refractivity contribution in [2.75, 3.05) is 23.8 Å². The quantitative estimate of drug-likeness (QED) is 0.809. The van der Waals surface area contributed by atoms with Crippen LogP contribution in [0, 0.1) is 0 Å². The van der Waals surface area contributed by atoms with Crippen molar-refractivity contribution in [1.29, 1.82) is 0 Å². The summed E-state index contributed by atoms with van der Waals surface area (Å²) < 4.78 is 0. The molecule has 1 aromatic heterocycles. The highest BCUT2D eigenvalue weighted by molar-refractivity contribution is 6.28. The molecule has 0 unspecified atom stereocenters. The fourth-order valence-corrected chi connectivity index (χ4v) is 2.07. The number of carbonyl (C=O) groups is 1. The SMILES string of the molecule is CNc1nc(Cl)nc(N(CCCC(=O)O)c2ccccc2)n1. The Morgan fingerprint density at radius 2 is 2.00 bits per heavy atom. The highest BCUT2D eigenvalue weighted by atomic mass is 35.5. The van der Waals surface area contributed by atoms with Crippen molar-refractivity contribution in [3.63, 3.8) is 0 Å². The van der Waals surface area contributed by atoms with E-state index < -0.39 is 5.97 Å². The van der Waals surface area contributed by atoms with E-state index in [-0.39, 0.29) is 11.7 Å². The number of nitrogens with zero attached hydrogens (tertiary/aromatic N) is 4. The second kappa shape index (κ2) is 7.56. The number of halogens is 1. The molecule has 1 aromatic carbocycles. The maximum Gasteiger partial charge on any atom is 0.303 e. The summed E-state index contributed by atoms with van der Waals surface area (Å²) in [7, 11) is 1.69. The highest BCUT2D eigenvalue weighted by Crippen LogP contribution is 2.24. The first kappa shape index (κ1) is 16.0. The van der Waals surface area contributed by atoms with Gasteiger partial charge in [-0.3, -0.25) is 4.79 Å². The Morgan fingerprint density at radius 3 is 2.64 bits per heavy atom. The van der Waals surface area contributed by atoms with E-state index in [1.54, 1.807) is 7.05 Å². The maximum atomic E-state index is 10.7. The van der Waals surface area contributed by atoms with E-state index in [0.717, 1.165) is 5.69 Å². The molecule has 2 N–H and O–H groups in total. The molecule has 0 aliphatic carbocycles. The third-order valence-corrected chi connectivity index (χ3v) is 3.07. The molecule has 0 aliphatic heterocycles. The van der Waals surface area contributed by atoms with Crippen LogP contribution in [0.4, 0.5) is 17.6 Å². The molecule has 116 valence electrons. The minimum atomic E-state index is -0.836. The molecule has 0 atom stereocenters. The first-order valence-electron chi connectivity index (χ1n) is 6.74. The van der Waals surface area contributed by atoms with Gasteiger partial charge in [-0.2, -0.15) is 15.0 Å². The van der Waals surface area contributed by atoms with Gasteiger partial charge >= 0.3 is 5.97 Å². The number of aliphatic carboxylic acids is 1. The van der Waals surface area contributed by atoms with Crippen LogP contribution in [0.25, 0.3) is 0 Å². The molecule has 0 radical (unpaired) electrons. The molecule has 0 saturated carbocycles. The summed E-state index contributed by atoms with van der Waals surface area (Å²) in [5, 5.41) is 11.7. The van der Waals surface area contributed by atoms with E-state index in [2.05, 4.69) is 20.3 Å². The Morgan fingerprint density at radius 1 is 1.27 bits per heavy atom. The number of rotatable bonds is 7. The van der Waals surface area contributed by atoms with Gasteiger partial charge in [0, 0.05) is 25.7 Å². The summed E-state index contributed by atoms with van der Waals surface area (Å²) >= 11 is 5.92. The molecule has 1 heterocycles. The zero-order valence-corrected chi connectivity index (χ0v) is 12.8. The predicted molar refractivity (Wildman–Crippen MR) is 84.7 cm³/mol. The van der Waals surface area contributed by atoms with Gasteiger partial charge in [0.15, 0.2) is 0 Å². The number of anilines is 3. The van der Waals surface area contributed by atoms with Gasteiger partial charge in [0.25, 0.3) is 0 Å². The fourth-order valence-electron chi connectivity index (χ4n) is 1.91. The number of aromatic nitrogens is 3. The van der Waals surface area contributed by atoms with Crippen LogP contribution in [0.5, 0.6) is 0 Å². The van der Waals surface area contributed by atoms with Crippen LogP contribution in [-0.4, -0.2) is 39.6 Å². The number of hydrogen-bond donors (Lipinski definition) is 2. The van der Waals surface area contributed by atoms with Gasteiger partial charge in [-0.05, 0) is 30.2 Å². The first-order chi connectivity index (χ1) is 10.6. The van der Waals surface area contributed by atoms with Gasteiger partial charge in [0.05, 0.1) is 0 Å². The lowest BCUT2D eigenvalue weighted by atomic mass is 10.2. The lowest BCUT2D eigenvalue weighted by Crippen LogP contribution is -2.22. The van der Waals surface area contributed by atoms with Crippen LogP contribution in [0.1, 0.15) is 12.8 Å². The lowest BCUT2D eigenvalue weighted by Gasteiger charge is -2.22. The van der Waals surface area contributed by atoms with E-state index in [1.807, 2.05) is 35.2 Å². The zero-order chi connectivity index (χ0) is 15.9. The molecule has 0 aliphatic rings. The van der Waals surface area contributed by atoms with Crippen molar-refractivity contribution in [2.24, 2.45) is 0 Å². The van der Waals surface area contributed by atoms with Crippen molar-refractivity contribution in [2.45, 2.75) is 12.8 Å². The van der Waals surface area contributed by atoms with Gasteiger partial charge in [-0.1, -0.05) is 18.2 Å². The topological polar surface area (TPSA) is 91.2 Å². The van der Waals surface area contributed by atoms with Crippen LogP contribution in [0.15, 0.2) is 30.3 Å². The van der Waals surface area contributed by atoms with Crippen molar-refractivity contribution < 1.29 is 9.90 Å². The standard InChI is InChI=1S/C14H16ClN5O2/c1-16-13-17-12(15)18-14(19-13)20(9-5-8-11(21)22)10-6-3-2-4-7-10/h2-4,6-7H,5,8-9H2,1H3,(H,21,22)(H,16,17,18,19). The summed E-state index contributed by atoms with van der Waals surface area (Å²) in [6.45, 7) is 0.458. The first-order valence-corrected chi connectivity index (χ1v) is 7.11. The zero-order valence-electron chi connectivity index (χ0n) is 12.0. The summed E-state index contributed by atoms with van der Waals surface area (Å²) in [5.41, 5.74) is 0.859. The van der Waals surface area contributed by atoms with E-state index in [9.17, 15) is 4.79 Å². The lowest BCUT2D eigenvalue weighted by molar-refractivity contribution is -0.137. The molecule has 0 saturated heterocycles. The predicted octanol–water partition coefficient (Wildman–Crippen LogP) is 2.57. The van der Waals surface area contributed by atoms with Crippen molar-refractivity contribution in [3.8, 4) is 0 Å². The average Bonchev–Trinajstić information content (AvgIpc) is 2.51. The van der Waals surface area contributed by atoms with Crippen LogP contribution in [-0.2, 0) is 4.79 Å². The third-order valence-electron chi connectivity index (χ3n) is 2.90. The van der Waals surface area contributed by atoms with Crippen LogP contribution in [0.2, 0.25) is 5.28 Å². The van der Waals surface area contributed by atoms with Gasteiger partial charge < -0.3 is 15.3 Å². The van der Waals surface area contributed by atoms with Crippen LogP contribution in [0.3, 0.4) is 0 Å². The van der Waals surface area contributed by atoms with Gasteiger partial charge in [-0.25, -0.2) is 0 Å². The highest BCUT2D eigenvalue weighted by Gasteiger charge is 2.15.